The fourth-order valence-corrected chi connectivity index (χ4v) is 4.61. The van der Waals surface area contributed by atoms with E-state index < -0.39 is 48.2 Å². The molecule has 6 N–H and O–H groups in total. The number of hydrogen-bond donors (Lipinski definition) is 4. The molecule has 1 heterocycles. The summed E-state index contributed by atoms with van der Waals surface area (Å²) in [5, 5.41) is 5.26. The zero-order valence-electron chi connectivity index (χ0n) is 23.8. The molecule has 0 bridgehead atoms. The summed E-state index contributed by atoms with van der Waals surface area (Å²) in [5.41, 5.74) is 12.0. The maximum absolute atomic E-state index is 14.8. The van der Waals surface area contributed by atoms with Crippen molar-refractivity contribution in [2.45, 2.75) is 57.3 Å². The molecule has 236 valence electrons. The van der Waals surface area contributed by atoms with Gasteiger partial charge in [0.2, 0.25) is 11.8 Å². The minimum atomic E-state index is -3.07. The van der Waals surface area contributed by atoms with E-state index in [4.69, 9.17) is 20.6 Å². The molecule has 2 amide bonds. The van der Waals surface area contributed by atoms with Crippen molar-refractivity contribution in [2.75, 3.05) is 13.2 Å². The Morgan fingerprint density at radius 2 is 1.82 bits per heavy atom. The van der Waals surface area contributed by atoms with Gasteiger partial charge in [0.1, 0.15) is 11.6 Å². The molecule has 2 saturated carbocycles. The van der Waals surface area contributed by atoms with Gasteiger partial charge in [-0.15, -0.1) is 0 Å². The molecule has 0 spiro atoms. The average molecular weight is 620 g/mol. The van der Waals surface area contributed by atoms with Gasteiger partial charge in [-0.2, -0.15) is 8.78 Å². The van der Waals surface area contributed by atoms with Gasteiger partial charge in [-0.05, 0) is 68.7 Å². The number of nitrogens with zero attached hydrogens (tertiary/aromatic N) is 1. The molecule has 5 rings (SSSR count). The van der Waals surface area contributed by atoms with E-state index in [2.05, 4.69) is 20.4 Å². The number of alkyl halides is 2. The van der Waals surface area contributed by atoms with Crippen molar-refractivity contribution in [2.24, 2.45) is 23.3 Å². The van der Waals surface area contributed by atoms with Crippen molar-refractivity contribution in [3.8, 4) is 23.0 Å². The van der Waals surface area contributed by atoms with Crippen LogP contribution < -0.4 is 31.6 Å². The third kappa shape index (κ3) is 7.66. The SMILES string of the molecule is C[C@H](N)c1oc(-c2ccc(OC(F)F)c(OCC3CC3)c2)nc1C(=O)NC(CNC(=O)[C@@H](N)C1CC1)c1ccc(F)cc1F. The fraction of sp³-hybridized carbons (Fsp3) is 0.433. The molecule has 2 aliphatic rings. The van der Waals surface area contributed by atoms with Crippen LogP contribution in [0.5, 0.6) is 11.5 Å². The Morgan fingerprint density at radius 1 is 1.07 bits per heavy atom. The monoisotopic (exact) mass is 619 g/mol. The number of aromatic nitrogens is 1. The zero-order valence-corrected chi connectivity index (χ0v) is 23.8. The summed E-state index contributed by atoms with van der Waals surface area (Å²) in [6.45, 7) is -1.45. The van der Waals surface area contributed by atoms with Crippen LogP contribution in [0.2, 0.25) is 0 Å². The van der Waals surface area contributed by atoms with Gasteiger partial charge < -0.3 is 36.0 Å². The Morgan fingerprint density at radius 3 is 2.45 bits per heavy atom. The molecular formula is C30H33F4N5O5. The second-order valence-corrected chi connectivity index (χ2v) is 11.1. The van der Waals surface area contributed by atoms with Crippen molar-refractivity contribution in [1.29, 1.82) is 0 Å². The number of nitrogens with one attached hydrogen (secondary N) is 2. The predicted octanol–water partition coefficient (Wildman–Crippen LogP) is 4.35. The number of carbonyl (C=O) groups is 2. The number of nitrogens with two attached hydrogens (primary N) is 2. The summed E-state index contributed by atoms with van der Waals surface area (Å²) < 4.78 is 70.6. The number of amides is 2. The molecule has 0 aliphatic heterocycles. The van der Waals surface area contributed by atoms with Gasteiger partial charge in [0.25, 0.3) is 5.91 Å². The van der Waals surface area contributed by atoms with Crippen molar-refractivity contribution in [1.82, 2.24) is 15.6 Å². The van der Waals surface area contributed by atoms with Crippen LogP contribution in [-0.4, -0.2) is 42.6 Å². The number of carbonyl (C=O) groups excluding carboxylic acids is 2. The highest BCUT2D eigenvalue weighted by molar-refractivity contribution is 5.94. The Bertz CT molecular complexity index is 1510. The summed E-state index contributed by atoms with van der Waals surface area (Å²) in [7, 11) is 0. The van der Waals surface area contributed by atoms with Crippen LogP contribution in [0.3, 0.4) is 0 Å². The first-order valence-electron chi connectivity index (χ1n) is 14.3. The molecule has 2 fully saturated rings. The summed E-state index contributed by atoms with van der Waals surface area (Å²) >= 11 is 0. The van der Waals surface area contributed by atoms with Crippen molar-refractivity contribution in [3.63, 3.8) is 0 Å². The van der Waals surface area contributed by atoms with Crippen LogP contribution in [0.25, 0.3) is 11.5 Å². The van der Waals surface area contributed by atoms with E-state index in [0.29, 0.717) is 24.2 Å². The Balaban J connectivity index is 1.41. The number of hydrogen-bond acceptors (Lipinski definition) is 8. The fourth-order valence-electron chi connectivity index (χ4n) is 4.61. The lowest BCUT2D eigenvalue weighted by atomic mass is 10.0. The first kappa shape index (κ1) is 31.3. The van der Waals surface area contributed by atoms with Gasteiger partial charge in [-0.1, -0.05) is 6.07 Å². The Kier molecular flexibility index (Phi) is 9.39. The van der Waals surface area contributed by atoms with Crippen LogP contribution >= 0.6 is 0 Å². The lowest BCUT2D eigenvalue weighted by Gasteiger charge is -2.21. The number of rotatable bonds is 14. The quantitative estimate of drug-likeness (QED) is 0.194. The van der Waals surface area contributed by atoms with Crippen LogP contribution in [0, 0.1) is 23.5 Å². The highest BCUT2D eigenvalue weighted by atomic mass is 19.3. The minimum absolute atomic E-state index is 0.0102. The average Bonchev–Trinajstić information content (AvgIpc) is 3.91. The predicted molar refractivity (Wildman–Crippen MR) is 150 cm³/mol. The normalized spacial score (nSPS) is 16.7. The molecule has 14 heteroatoms. The van der Waals surface area contributed by atoms with E-state index in [-0.39, 0.29) is 46.9 Å². The first-order chi connectivity index (χ1) is 21.0. The minimum Gasteiger partial charge on any atom is -0.489 e. The summed E-state index contributed by atoms with van der Waals surface area (Å²) in [5.74, 6) is -2.84. The van der Waals surface area contributed by atoms with E-state index in [1.54, 1.807) is 6.92 Å². The lowest BCUT2D eigenvalue weighted by Crippen LogP contribution is -2.46. The zero-order chi connectivity index (χ0) is 31.5. The highest BCUT2D eigenvalue weighted by Crippen LogP contribution is 2.37. The van der Waals surface area contributed by atoms with Gasteiger partial charge in [0.05, 0.1) is 24.7 Å². The third-order valence-electron chi connectivity index (χ3n) is 7.42. The molecule has 1 aromatic heterocycles. The number of halogens is 4. The number of oxazole rings is 1. The van der Waals surface area contributed by atoms with Crippen LogP contribution in [0.15, 0.2) is 40.8 Å². The maximum Gasteiger partial charge on any atom is 0.387 e. The summed E-state index contributed by atoms with van der Waals surface area (Å²) in [4.78, 5) is 30.4. The van der Waals surface area contributed by atoms with Gasteiger partial charge in [-0.25, -0.2) is 13.8 Å². The van der Waals surface area contributed by atoms with Crippen molar-refractivity contribution in [3.05, 3.63) is 65.1 Å². The topological polar surface area (TPSA) is 155 Å². The van der Waals surface area contributed by atoms with Gasteiger partial charge in [0, 0.05) is 23.7 Å². The molecule has 3 atom stereocenters. The highest BCUT2D eigenvalue weighted by Gasteiger charge is 2.34. The molecule has 0 radical (unpaired) electrons. The molecule has 0 saturated heterocycles. The molecule has 10 nitrogen and oxygen atoms in total. The smallest absolute Gasteiger partial charge is 0.387 e. The first-order valence-corrected chi connectivity index (χ1v) is 14.3. The Labute approximate surface area is 250 Å². The lowest BCUT2D eigenvalue weighted by molar-refractivity contribution is -0.122. The molecule has 2 aliphatic carbocycles. The van der Waals surface area contributed by atoms with E-state index in [9.17, 15) is 27.2 Å². The molecule has 2 aromatic carbocycles. The molecular weight excluding hydrogens is 586 g/mol. The molecule has 3 aromatic rings. The van der Waals surface area contributed by atoms with E-state index in [1.165, 1.54) is 18.2 Å². The Hall–Kier alpha value is -4.17. The molecule has 1 unspecified atom stereocenters. The summed E-state index contributed by atoms with van der Waals surface area (Å²) in [6, 6.07) is 4.25. The van der Waals surface area contributed by atoms with Crippen molar-refractivity contribution < 1.29 is 41.0 Å². The number of ether oxygens (including phenoxy) is 2. The van der Waals surface area contributed by atoms with Gasteiger partial charge in [0.15, 0.2) is 23.0 Å². The van der Waals surface area contributed by atoms with Gasteiger partial charge in [-0.3, -0.25) is 9.59 Å². The van der Waals surface area contributed by atoms with Crippen LogP contribution in [0.1, 0.15) is 66.5 Å². The molecule has 44 heavy (non-hydrogen) atoms. The standard InChI is InChI=1S/C30H33F4N5O5/c1-14(35)26-25(39-29(44-26)17-6-9-22(43-30(33)34)23(10-17)42-13-15-2-3-15)28(41)38-21(19-8-7-18(31)11-20(19)32)12-37-27(40)24(36)16-4-5-16/h6-11,14-16,21,24,30H,2-5,12-13,35-36H2,1H3,(H,37,40)(H,38,41)/t14-,21?,24-/m0/s1. The summed E-state index contributed by atoms with van der Waals surface area (Å²) in [6.07, 6.45) is 3.60. The van der Waals surface area contributed by atoms with Crippen LogP contribution in [-0.2, 0) is 4.79 Å². The second-order valence-electron chi connectivity index (χ2n) is 11.1. The van der Waals surface area contributed by atoms with E-state index >= 15 is 0 Å². The van der Waals surface area contributed by atoms with E-state index in [0.717, 1.165) is 37.8 Å². The van der Waals surface area contributed by atoms with E-state index in [1.807, 2.05) is 0 Å². The van der Waals surface area contributed by atoms with Crippen molar-refractivity contribution >= 4 is 11.8 Å². The van der Waals surface area contributed by atoms with Gasteiger partial charge >= 0.3 is 6.61 Å². The maximum atomic E-state index is 14.8. The van der Waals surface area contributed by atoms with Crippen LogP contribution in [0.4, 0.5) is 17.6 Å². The number of benzene rings is 2. The second kappa shape index (κ2) is 13.2. The third-order valence-corrected chi connectivity index (χ3v) is 7.42. The largest absolute Gasteiger partial charge is 0.489 e.